The topological polar surface area (TPSA) is 20.3 Å². The SMILES string of the molecule is CCCCCC=CC(=O)N(C)C. The number of unbranched alkanes of at least 4 members (excludes halogenated alkanes) is 3. The zero-order valence-corrected chi connectivity index (χ0v) is 8.34. The standard InChI is InChI=1S/C10H19NO/c1-4-5-6-7-8-9-10(12)11(2)3/h8-9H,4-7H2,1-3H3. The molecule has 0 spiro atoms. The minimum Gasteiger partial charge on any atom is -0.345 e. The lowest BCUT2D eigenvalue weighted by atomic mass is 10.2. The molecular formula is C10H19NO. The van der Waals surface area contributed by atoms with Gasteiger partial charge in [0.25, 0.3) is 0 Å². The average Bonchev–Trinajstić information content (AvgIpc) is 2.03. The Balaban J connectivity index is 3.42. The molecule has 0 aliphatic rings. The molecule has 2 nitrogen and oxygen atoms in total. The van der Waals surface area contributed by atoms with Gasteiger partial charge in [-0.1, -0.05) is 25.8 Å². The summed E-state index contributed by atoms with van der Waals surface area (Å²) in [5, 5.41) is 0. The van der Waals surface area contributed by atoms with Gasteiger partial charge in [-0.05, 0) is 18.9 Å². The van der Waals surface area contributed by atoms with E-state index in [0.717, 1.165) is 6.42 Å². The maximum absolute atomic E-state index is 11.0. The molecular weight excluding hydrogens is 150 g/mol. The predicted molar refractivity (Wildman–Crippen MR) is 52.0 cm³/mol. The van der Waals surface area contributed by atoms with E-state index >= 15 is 0 Å². The molecule has 0 aliphatic carbocycles. The number of hydrogen-bond donors (Lipinski definition) is 0. The summed E-state index contributed by atoms with van der Waals surface area (Å²) in [5.41, 5.74) is 0. The molecule has 0 atom stereocenters. The summed E-state index contributed by atoms with van der Waals surface area (Å²) >= 11 is 0. The number of carbonyl (C=O) groups is 1. The predicted octanol–water partition coefficient (Wildman–Crippen LogP) is 2.21. The van der Waals surface area contributed by atoms with E-state index in [9.17, 15) is 4.79 Å². The molecule has 0 heterocycles. The fourth-order valence-electron chi connectivity index (χ4n) is 0.845. The molecule has 0 saturated carbocycles. The summed E-state index contributed by atoms with van der Waals surface area (Å²) in [6.07, 6.45) is 8.30. The highest BCUT2D eigenvalue weighted by atomic mass is 16.2. The second kappa shape index (κ2) is 6.89. The molecule has 0 N–H and O–H groups in total. The van der Waals surface area contributed by atoms with Crippen molar-refractivity contribution in [3.8, 4) is 0 Å². The Hall–Kier alpha value is -0.790. The molecule has 70 valence electrons. The zero-order chi connectivity index (χ0) is 9.40. The smallest absolute Gasteiger partial charge is 0.245 e. The molecule has 0 bridgehead atoms. The van der Waals surface area contributed by atoms with Gasteiger partial charge in [0.1, 0.15) is 0 Å². The van der Waals surface area contributed by atoms with Crippen molar-refractivity contribution in [2.45, 2.75) is 32.6 Å². The number of amides is 1. The van der Waals surface area contributed by atoms with Crippen molar-refractivity contribution in [1.29, 1.82) is 0 Å². The molecule has 0 rings (SSSR count). The number of allylic oxidation sites excluding steroid dienone is 1. The molecule has 0 aromatic rings. The van der Waals surface area contributed by atoms with Crippen molar-refractivity contribution in [3.63, 3.8) is 0 Å². The van der Waals surface area contributed by atoms with Gasteiger partial charge < -0.3 is 4.90 Å². The summed E-state index contributed by atoms with van der Waals surface area (Å²) in [6, 6.07) is 0. The van der Waals surface area contributed by atoms with Crippen LogP contribution in [0.1, 0.15) is 32.6 Å². The first-order valence-corrected chi connectivity index (χ1v) is 4.56. The Kier molecular flexibility index (Phi) is 6.44. The Bertz CT molecular complexity index is 150. The summed E-state index contributed by atoms with van der Waals surface area (Å²) < 4.78 is 0. The van der Waals surface area contributed by atoms with E-state index in [1.54, 1.807) is 25.1 Å². The molecule has 0 aromatic heterocycles. The van der Waals surface area contributed by atoms with E-state index in [-0.39, 0.29) is 5.91 Å². The van der Waals surface area contributed by atoms with Gasteiger partial charge in [-0.2, -0.15) is 0 Å². The van der Waals surface area contributed by atoms with E-state index < -0.39 is 0 Å². The van der Waals surface area contributed by atoms with E-state index in [4.69, 9.17) is 0 Å². The number of hydrogen-bond acceptors (Lipinski definition) is 1. The van der Waals surface area contributed by atoms with Gasteiger partial charge in [0.05, 0.1) is 0 Å². The van der Waals surface area contributed by atoms with E-state index in [1.807, 2.05) is 6.08 Å². The van der Waals surface area contributed by atoms with Gasteiger partial charge in [-0.15, -0.1) is 0 Å². The third-order valence-electron chi connectivity index (χ3n) is 1.68. The fraction of sp³-hybridized carbons (Fsp3) is 0.700. The highest BCUT2D eigenvalue weighted by Gasteiger charge is 1.94. The summed E-state index contributed by atoms with van der Waals surface area (Å²) in [6.45, 7) is 2.18. The minimum absolute atomic E-state index is 0.0755. The van der Waals surface area contributed by atoms with Crippen LogP contribution in [-0.2, 0) is 4.79 Å². The van der Waals surface area contributed by atoms with Gasteiger partial charge in [-0.25, -0.2) is 0 Å². The van der Waals surface area contributed by atoms with Crippen LogP contribution in [0.5, 0.6) is 0 Å². The van der Waals surface area contributed by atoms with Gasteiger partial charge in [0, 0.05) is 14.1 Å². The second-order valence-electron chi connectivity index (χ2n) is 3.13. The van der Waals surface area contributed by atoms with Gasteiger partial charge in [-0.3, -0.25) is 4.79 Å². The first-order chi connectivity index (χ1) is 5.68. The lowest BCUT2D eigenvalue weighted by Crippen LogP contribution is -2.18. The van der Waals surface area contributed by atoms with Gasteiger partial charge >= 0.3 is 0 Å². The highest BCUT2D eigenvalue weighted by molar-refractivity contribution is 5.86. The quantitative estimate of drug-likeness (QED) is 0.456. The minimum atomic E-state index is 0.0755. The molecule has 0 unspecified atom stereocenters. The van der Waals surface area contributed by atoms with E-state index in [1.165, 1.54) is 19.3 Å². The Morgan fingerprint density at radius 1 is 1.33 bits per heavy atom. The molecule has 0 fully saturated rings. The van der Waals surface area contributed by atoms with Crippen molar-refractivity contribution in [1.82, 2.24) is 4.90 Å². The van der Waals surface area contributed by atoms with Crippen molar-refractivity contribution in [3.05, 3.63) is 12.2 Å². The van der Waals surface area contributed by atoms with Crippen molar-refractivity contribution < 1.29 is 4.79 Å². The second-order valence-corrected chi connectivity index (χ2v) is 3.13. The maximum atomic E-state index is 11.0. The molecule has 0 radical (unpaired) electrons. The van der Waals surface area contributed by atoms with Gasteiger partial charge in [0.15, 0.2) is 0 Å². The van der Waals surface area contributed by atoms with Crippen LogP contribution in [0.4, 0.5) is 0 Å². The van der Waals surface area contributed by atoms with Gasteiger partial charge in [0.2, 0.25) is 5.91 Å². The average molecular weight is 169 g/mol. The summed E-state index contributed by atoms with van der Waals surface area (Å²) in [4.78, 5) is 12.6. The van der Waals surface area contributed by atoms with Crippen LogP contribution in [0.3, 0.4) is 0 Å². The lowest BCUT2D eigenvalue weighted by Gasteiger charge is -2.04. The van der Waals surface area contributed by atoms with Crippen molar-refractivity contribution in [2.24, 2.45) is 0 Å². The molecule has 0 saturated heterocycles. The lowest BCUT2D eigenvalue weighted by molar-refractivity contribution is -0.123. The zero-order valence-electron chi connectivity index (χ0n) is 8.34. The van der Waals surface area contributed by atoms with Crippen LogP contribution in [0.2, 0.25) is 0 Å². The number of likely N-dealkylation sites (N-methyl/N-ethyl adjacent to an activating group) is 1. The van der Waals surface area contributed by atoms with Crippen LogP contribution < -0.4 is 0 Å². The van der Waals surface area contributed by atoms with Crippen LogP contribution in [0.15, 0.2) is 12.2 Å². The summed E-state index contributed by atoms with van der Waals surface area (Å²) in [5.74, 6) is 0.0755. The van der Waals surface area contributed by atoms with Crippen LogP contribution in [0, 0.1) is 0 Å². The third kappa shape index (κ3) is 5.96. The highest BCUT2D eigenvalue weighted by Crippen LogP contribution is 1.99. The molecule has 1 amide bonds. The molecule has 0 aromatic carbocycles. The van der Waals surface area contributed by atoms with E-state index in [2.05, 4.69) is 6.92 Å². The maximum Gasteiger partial charge on any atom is 0.245 e. The van der Waals surface area contributed by atoms with Crippen LogP contribution in [0.25, 0.3) is 0 Å². The summed E-state index contributed by atoms with van der Waals surface area (Å²) in [7, 11) is 3.53. The number of nitrogens with zero attached hydrogens (tertiary/aromatic N) is 1. The fourth-order valence-corrected chi connectivity index (χ4v) is 0.845. The largest absolute Gasteiger partial charge is 0.345 e. The number of rotatable bonds is 5. The third-order valence-corrected chi connectivity index (χ3v) is 1.68. The first kappa shape index (κ1) is 11.2. The Labute approximate surface area is 75.3 Å². The molecule has 0 aliphatic heterocycles. The normalized spacial score (nSPS) is 10.6. The molecule has 2 heteroatoms. The Morgan fingerprint density at radius 3 is 2.50 bits per heavy atom. The van der Waals surface area contributed by atoms with Crippen LogP contribution in [-0.4, -0.2) is 24.9 Å². The van der Waals surface area contributed by atoms with Crippen molar-refractivity contribution >= 4 is 5.91 Å². The van der Waals surface area contributed by atoms with Crippen molar-refractivity contribution in [2.75, 3.05) is 14.1 Å². The Morgan fingerprint density at radius 2 is 2.00 bits per heavy atom. The van der Waals surface area contributed by atoms with E-state index in [0.29, 0.717) is 0 Å². The monoisotopic (exact) mass is 169 g/mol. The van der Waals surface area contributed by atoms with Crippen LogP contribution >= 0.6 is 0 Å². The molecule has 12 heavy (non-hydrogen) atoms. The first-order valence-electron chi connectivity index (χ1n) is 4.56. The number of carbonyl (C=O) groups excluding carboxylic acids is 1.